The normalized spacial score (nSPS) is 13.5. The maximum absolute atomic E-state index is 12.7. The summed E-state index contributed by atoms with van der Waals surface area (Å²) in [4.78, 5) is 30.4. The van der Waals surface area contributed by atoms with E-state index in [9.17, 15) is 10.1 Å². The molecule has 2 aromatic heterocycles. The third-order valence-electron chi connectivity index (χ3n) is 5.89. The highest BCUT2D eigenvalue weighted by molar-refractivity contribution is 5.90. The first-order chi connectivity index (χ1) is 16.6. The minimum Gasteiger partial charge on any atom is -0.351 e. The van der Waals surface area contributed by atoms with Crippen LogP contribution < -0.4 is 10.2 Å². The fraction of sp³-hybridized carbons (Fsp3) is 0.192. The smallest absolute Gasteiger partial charge is 0.321 e. The maximum Gasteiger partial charge on any atom is 0.321 e. The van der Waals surface area contributed by atoms with E-state index < -0.39 is 0 Å². The van der Waals surface area contributed by atoms with Gasteiger partial charge in [-0.2, -0.15) is 5.26 Å². The van der Waals surface area contributed by atoms with E-state index >= 15 is 0 Å². The van der Waals surface area contributed by atoms with Gasteiger partial charge in [0, 0.05) is 37.4 Å². The molecule has 2 amide bonds. The quantitative estimate of drug-likeness (QED) is 0.503. The molecule has 8 heteroatoms. The Kier molecular flexibility index (Phi) is 5.75. The molecular weight excluding hydrogens is 426 g/mol. The molecule has 4 aromatic rings. The number of rotatable bonds is 3. The largest absolute Gasteiger partial charge is 0.351 e. The van der Waals surface area contributed by atoms with Gasteiger partial charge in [0.15, 0.2) is 5.82 Å². The van der Waals surface area contributed by atoms with Crippen LogP contribution in [0.5, 0.6) is 0 Å². The number of urea groups is 1. The predicted octanol–water partition coefficient (Wildman–Crippen LogP) is 4.23. The number of hydrogen-bond donors (Lipinski definition) is 1. The van der Waals surface area contributed by atoms with Crippen LogP contribution in [0.4, 0.5) is 16.3 Å². The second kappa shape index (κ2) is 9.16. The van der Waals surface area contributed by atoms with Crippen LogP contribution in [0.15, 0.2) is 67.0 Å². The summed E-state index contributed by atoms with van der Waals surface area (Å²) in [5.74, 6) is 0.752. The van der Waals surface area contributed by atoms with Gasteiger partial charge in [0.25, 0.3) is 0 Å². The first kappa shape index (κ1) is 21.3. The number of nitrogens with zero attached hydrogens (tertiary/aromatic N) is 6. The number of benzene rings is 2. The molecule has 1 N–H and O–H groups in total. The zero-order valence-electron chi connectivity index (χ0n) is 18.8. The van der Waals surface area contributed by atoms with Crippen LogP contribution in [0, 0.1) is 18.3 Å². The topological polar surface area (TPSA) is 98.0 Å². The number of aryl methyl sites for hydroxylation is 1. The van der Waals surface area contributed by atoms with Crippen molar-refractivity contribution < 1.29 is 4.79 Å². The van der Waals surface area contributed by atoms with Gasteiger partial charge in [-0.15, -0.1) is 0 Å². The molecule has 34 heavy (non-hydrogen) atoms. The Bertz CT molecular complexity index is 1400. The van der Waals surface area contributed by atoms with Gasteiger partial charge in [-0.1, -0.05) is 24.3 Å². The van der Waals surface area contributed by atoms with Gasteiger partial charge < -0.3 is 15.1 Å². The Labute approximate surface area is 197 Å². The van der Waals surface area contributed by atoms with E-state index in [0.29, 0.717) is 37.3 Å². The molecule has 3 heterocycles. The third-order valence-corrected chi connectivity index (χ3v) is 5.89. The van der Waals surface area contributed by atoms with Gasteiger partial charge in [-0.3, -0.25) is 0 Å². The van der Waals surface area contributed by atoms with Crippen molar-refractivity contribution in [3.63, 3.8) is 0 Å². The molecule has 168 valence electrons. The first-order valence-electron chi connectivity index (χ1n) is 11.1. The zero-order chi connectivity index (χ0) is 23.5. The van der Waals surface area contributed by atoms with Crippen LogP contribution in [0.1, 0.15) is 11.1 Å². The van der Waals surface area contributed by atoms with Crippen LogP contribution in [0.25, 0.3) is 22.3 Å². The molecule has 8 nitrogen and oxygen atoms in total. The van der Waals surface area contributed by atoms with Gasteiger partial charge >= 0.3 is 6.03 Å². The highest BCUT2D eigenvalue weighted by Crippen LogP contribution is 2.26. The summed E-state index contributed by atoms with van der Waals surface area (Å²) < 4.78 is 0. The number of carbonyl (C=O) groups excluding carboxylic acids is 1. The minimum absolute atomic E-state index is 0.101. The molecule has 1 aliphatic rings. The number of hydrogen-bond acceptors (Lipinski definition) is 6. The van der Waals surface area contributed by atoms with E-state index in [0.717, 1.165) is 33.8 Å². The predicted molar refractivity (Wildman–Crippen MR) is 131 cm³/mol. The molecule has 0 aliphatic carbocycles. The van der Waals surface area contributed by atoms with Crippen LogP contribution in [0.3, 0.4) is 0 Å². The molecule has 0 radical (unpaired) electrons. The molecular formula is C26H23N7O. The van der Waals surface area contributed by atoms with E-state index in [1.54, 1.807) is 12.4 Å². The van der Waals surface area contributed by atoms with Gasteiger partial charge in [0.1, 0.15) is 11.8 Å². The van der Waals surface area contributed by atoms with Crippen molar-refractivity contribution in [1.29, 1.82) is 5.26 Å². The summed E-state index contributed by atoms with van der Waals surface area (Å²) in [6.07, 6.45) is 1.55. The second-order valence-electron chi connectivity index (χ2n) is 8.23. The number of fused-ring (bicyclic) bond motifs is 1. The molecule has 0 bridgehead atoms. The zero-order valence-corrected chi connectivity index (χ0v) is 18.8. The van der Waals surface area contributed by atoms with Crippen molar-refractivity contribution in [1.82, 2.24) is 19.9 Å². The monoisotopic (exact) mass is 449 g/mol. The summed E-state index contributed by atoms with van der Waals surface area (Å²) in [6, 6.07) is 21.1. The Morgan fingerprint density at radius 1 is 1.00 bits per heavy atom. The molecule has 0 unspecified atom stereocenters. The number of anilines is 2. The standard InChI is InChI=1S/C26H23N7O/c1-18-4-2-7-21(14-18)30-26(34)33-12-10-32(11-13-33)25-24-23(28-17-29-25)9-8-22(31-24)20-6-3-5-19(15-20)16-27/h2-9,14-15,17H,10-13H2,1H3,(H,30,34). The van der Waals surface area contributed by atoms with E-state index in [4.69, 9.17) is 4.98 Å². The lowest BCUT2D eigenvalue weighted by Gasteiger charge is -2.35. The summed E-state index contributed by atoms with van der Waals surface area (Å²) in [5, 5.41) is 12.2. The minimum atomic E-state index is -0.101. The van der Waals surface area contributed by atoms with E-state index in [1.165, 1.54) is 0 Å². The molecule has 1 aliphatic heterocycles. The Morgan fingerprint density at radius 3 is 2.62 bits per heavy atom. The van der Waals surface area contributed by atoms with E-state index in [1.807, 2.05) is 66.4 Å². The first-order valence-corrected chi connectivity index (χ1v) is 11.1. The molecule has 1 fully saturated rings. The van der Waals surface area contributed by atoms with Crippen molar-refractivity contribution in [3.8, 4) is 17.3 Å². The Morgan fingerprint density at radius 2 is 1.82 bits per heavy atom. The Hall–Kier alpha value is -4.51. The fourth-order valence-electron chi connectivity index (χ4n) is 4.11. The second-order valence-corrected chi connectivity index (χ2v) is 8.23. The van der Waals surface area contributed by atoms with Gasteiger partial charge in [0.2, 0.25) is 0 Å². The highest BCUT2D eigenvalue weighted by atomic mass is 16.2. The fourth-order valence-corrected chi connectivity index (χ4v) is 4.11. The molecule has 0 saturated carbocycles. The average molecular weight is 450 g/mol. The number of pyridine rings is 1. The number of aromatic nitrogens is 3. The lowest BCUT2D eigenvalue weighted by atomic mass is 10.1. The number of nitrogens with one attached hydrogen (secondary N) is 1. The van der Waals surface area contributed by atoms with Crippen LogP contribution in [-0.4, -0.2) is 52.1 Å². The number of carbonyl (C=O) groups is 1. The van der Waals surface area contributed by atoms with E-state index in [2.05, 4.69) is 26.3 Å². The molecule has 1 saturated heterocycles. The van der Waals surface area contributed by atoms with Crippen LogP contribution in [-0.2, 0) is 0 Å². The number of nitriles is 1. The van der Waals surface area contributed by atoms with Crippen molar-refractivity contribution in [2.24, 2.45) is 0 Å². The average Bonchev–Trinajstić information content (AvgIpc) is 2.88. The summed E-state index contributed by atoms with van der Waals surface area (Å²) >= 11 is 0. The van der Waals surface area contributed by atoms with Crippen LogP contribution >= 0.6 is 0 Å². The molecule has 0 spiro atoms. The van der Waals surface area contributed by atoms with Crippen molar-refractivity contribution in [2.75, 3.05) is 36.4 Å². The van der Waals surface area contributed by atoms with Gasteiger partial charge in [-0.25, -0.2) is 19.7 Å². The summed E-state index contributed by atoms with van der Waals surface area (Å²) in [7, 11) is 0. The van der Waals surface area contributed by atoms with E-state index in [-0.39, 0.29) is 6.03 Å². The van der Waals surface area contributed by atoms with Crippen molar-refractivity contribution >= 4 is 28.6 Å². The summed E-state index contributed by atoms with van der Waals surface area (Å²) in [6.45, 7) is 4.44. The van der Waals surface area contributed by atoms with Crippen molar-refractivity contribution in [2.45, 2.75) is 6.92 Å². The van der Waals surface area contributed by atoms with Gasteiger partial charge in [0.05, 0.1) is 22.8 Å². The lowest BCUT2D eigenvalue weighted by molar-refractivity contribution is 0.208. The lowest BCUT2D eigenvalue weighted by Crippen LogP contribution is -2.50. The van der Waals surface area contributed by atoms with Crippen molar-refractivity contribution in [3.05, 3.63) is 78.1 Å². The molecule has 2 aromatic carbocycles. The molecule has 5 rings (SSSR count). The number of amides is 2. The van der Waals surface area contributed by atoms with Gasteiger partial charge in [-0.05, 0) is 48.9 Å². The van der Waals surface area contributed by atoms with Crippen LogP contribution in [0.2, 0.25) is 0 Å². The SMILES string of the molecule is Cc1cccc(NC(=O)N2CCN(c3ncnc4ccc(-c5cccc(C#N)c5)nc34)CC2)c1. The highest BCUT2D eigenvalue weighted by Gasteiger charge is 2.24. The third kappa shape index (κ3) is 4.36. The molecule has 0 atom stereocenters. The summed E-state index contributed by atoms with van der Waals surface area (Å²) in [5.41, 5.74) is 5.58. The Balaban J connectivity index is 1.34. The maximum atomic E-state index is 12.7. The number of piperazine rings is 1.